The van der Waals surface area contributed by atoms with E-state index in [-0.39, 0.29) is 12.5 Å². The third-order valence-corrected chi connectivity index (χ3v) is 4.69. The molecular formula is C18H21BrN4O2. The standard InChI is InChI=1S/C18H21BrN4O2/c1-13-11-20-14(2)18(21-13)23-9-7-22(8-10-23)17(24)12-25-16-5-3-15(19)4-6-16/h3-6,11H,7-10,12H2,1-2H3. The maximum atomic E-state index is 12.3. The van der Waals surface area contributed by atoms with Gasteiger partial charge >= 0.3 is 0 Å². The molecule has 1 aliphatic heterocycles. The first-order valence-corrected chi connectivity index (χ1v) is 9.03. The summed E-state index contributed by atoms with van der Waals surface area (Å²) in [6, 6.07) is 7.47. The molecule has 1 aromatic carbocycles. The molecule has 1 amide bonds. The van der Waals surface area contributed by atoms with E-state index in [1.54, 1.807) is 6.20 Å². The Bertz CT molecular complexity index is 743. The number of carbonyl (C=O) groups excluding carboxylic acids is 1. The highest BCUT2D eigenvalue weighted by atomic mass is 79.9. The number of halogens is 1. The predicted octanol–water partition coefficient (Wildman–Crippen LogP) is 2.58. The van der Waals surface area contributed by atoms with E-state index in [2.05, 4.69) is 30.8 Å². The van der Waals surface area contributed by atoms with Gasteiger partial charge in [0.05, 0.1) is 11.4 Å². The molecule has 2 heterocycles. The molecule has 1 saturated heterocycles. The van der Waals surface area contributed by atoms with Gasteiger partial charge in [0.1, 0.15) is 11.6 Å². The van der Waals surface area contributed by atoms with Gasteiger partial charge in [-0.1, -0.05) is 15.9 Å². The van der Waals surface area contributed by atoms with Crippen molar-refractivity contribution in [1.29, 1.82) is 0 Å². The van der Waals surface area contributed by atoms with Gasteiger partial charge in [0.15, 0.2) is 6.61 Å². The average Bonchev–Trinajstić information content (AvgIpc) is 2.63. The van der Waals surface area contributed by atoms with Crippen LogP contribution < -0.4 is 9.64 Å². The highest BCUT2D eigenvalue weighted by Gasteiger charge is 2.23. The molecule has 0 bridgehead atoms. The minimum atomic E-state index is 0.00890. The molecule has 0 unspecified atom stereocenters. The second kappa shape index (κ2) is 7.82. The third kappa shape index (κ3) is 4.48. The van der Waals surface area contributed by atoms with Crippen molar-refractivity contribution >= 4 is 27.7 Å². The van der Waals surface area contributed by atoms with Gasteiger partial charge in [0.2, 0.25) is 0 Å². The first-order valence-electron chi connectivity index (χ1n) is 8.24. The summed E-state index contributed by atoms with van der Waals surface area (Å²) >= 11 is 3.38. The summed E-state index contributed by atoms with van der Waals surface area (Å²) in [6.45, 7) is 6.80. The van der Waals surface area contributed by atoms with Crippen molar-refractivity contribution in [2.75, 3.05) is 37.7 Å². The number of hydrogen-bond acceptors (Lipinski definition) is 5. The van der Waals surface area contributed by atoms with Crippen LogP contribution >= 0.6 is 15.9 Å². The first kappa shape index (κ1) is 17.7. The average molecular weight is 405 g/mol. The molecule has 2 aromatic rings. The smallest absolute Gasteiger partial charge is 0.260 e. The normalized spacial score (nSPS) is 14.5. The van der Waals surface area contributed by atoms with Crippen LogP contribution in [0.5, 0.6) is 5.75 Å². The molecule has 3 rings (SSSR count). The van der Waals surface area contributed by atoms with E-state index in [4.69, 9.17) is 4.74 Å². The summed E-state index contributed by atoms with van der Waals surface area (Å²) in [5.41, 5.74) is 1.82. The van der Waals surface area contributed by atoms with E-state index in [1.165, 1.54) is 0 Å². The highest BCUT2D eigenvalue weighted by molar-refractivity contribution is 9.10. The van der Waals surface area contributed by atoms with Gasteiger partial charge in [0, 0.05) is 36.8 Å². The Morgan fingerprint density at radius 3 is 2.52 bits per heavy atom. The van der Waals surface area contributed by atoms with Crippen LogP contribution in [0.3, 0.4) is 0 Å². The van der Waals surface area contributed by atoms with Crippen LogP contribution in [-0.4, -0.2) is 53.6 Å². The van der Waals surface area contributed by atoms with Crippen LogP contribution in [-0.2, 0) is 4.79 Å². The van der Waals surface area contributed by atoms with Crippen molar-refractivity contribution in [2.24, 2.45) is 0 Å². The lowest BCUT2D eigenvalue weighted by Gasteiger charge is -2.35. The minimum Gasteiger partial charge on any atom is -0.484 e. The fourth-order valence-electron chi connectivity index (χ4n) is 2.76. The maximum absolute atomic E-state index is 12.3. The van der Waals surface area contributed by atoms with Crippen LogP contribution in [0.15, 0.2) is 34.9 Å². The second-order valence-electron chi connectivity index (χ2n) is 6.03. The first-order chi connectivity index (χ1) is 12.0. The van der Waals surface area contributed by atoms with E-state index >= 15 is 0 Å². The fourth-order valence-corrected chi connectivity index (χ4v) is 3.02. The van der Waals surface area contributed by atoms with Gasteiger partial charge in [-0.2, -0.15) is 0 Å². The zero-order valence-electron chi connectivity index (χ0n) is 14.4. The largest absolute Gasteiger partial charge is 0.484 e. The molecule has 1 aliphatic rings. The van der Waals surface area contributed by atoms with Gasteiger partial charge in [-0.15, -0.1) is 0 Å². The molecule has 0 atom stereocenters. The number of nitrogens with zero attached hydrogens (tertiary/aromatic N) is 4. The van der Waals surface area contributed by atoms with Crippen molar-refractivity contribution in [3.8, 4) is 5.75 Å². The number of piperazine rings is 1. The van der Waals surface area contributed by atoms with Crippen LogP contribution in [0, 0.1) is 13.8 Å². The lowest BCUT2D eigenvalue weighted by atomic mass is 10.3. The van der Waals surface area contributed by atoms with Crippen LogP contribution in [0.1, 0.15) is 11.4 Å². The minimum absolute atomic E-state index is 0.00890. The molecule has 1 fully saturated rings. The van der Waals surface area contributed by atoms with Crippen LogP contribution in [0.2, 0.25) is 0 Å². The quantitative estimate of drug-likeness (QED) is 0.783. The molecule has 25 heavy (non-hydrogen) atoms. The van der Waals surface area contributed by atoms with Crippen molar-refractivity contribution < 1.29 is 9.53 Å². The Morgan fingerprint density at radius 1 is 1.16 bits per heavy atom. The number of aromatic nitrogens is 2. The molecule has 1 aromatic heterocycles. The zero-order valence-corrected chi connectivity index (χ0v) is 16.0. The molecule has 0 N–H and O–H groups in total. The molecule has 0 radical (unpaired) electrons. The Hall–Kier alpha value is -2.15. The summed E-state index contributed by atoms with van der Waals surface area (Å²) in [5.74, 6) is 1.62. The van der Waals surface area contributed by atoms with Gasteiger partial charge in [-0.25, -0.2) is 4.98 Å². The topological polar surface area (TPSA) is 58.6 Å². The molecule has 6 nitrogen and oxygen atoms in total. The highest BCUT2D eigenvalue weighted by Crippen LogP contribution is 2.18. The third-order valence-electron chi connectivity index (χ3n) is 4.16. The second-order valence-corrected chi connectivity index (χ2v) is 6.95. The predicted molar refractivity (Wildman–Crippen MR) is 99.9 cm³/mol. The summed E-state index contributed by atoms with van der Waals surface area (Å²) < 4.78 is 6.56. The summed E-state index contributed by atoms with van der Waals surface area (Å²) in [4.78, 5) is 25.3. The molecular weight excluding hydrogens is 384 g/mol. The van der Waals surface area contributed by atoms with Crippen molar-refractivity contribution in [2.45, 2.75) is 13.8 Å². The summed E-state index contributed by atoms with van der Waals surface area (Å²) in [5, 5.41) is 0. The van der Waals surface area contributed by atoms with E-state index in [0.717, 1.165) is 34.8 Å². The van der Waals surface area contributed by atoms with E-state index in [9.17, 15) is 4.79 Å². The Labute approximate surface area is 156 Å². The van der Waals surface area contributed by atoms with E-state index < -0.39 is 0 Å². The van der Waals surface area contributed by atoms with Crippen LogP contribution in [0.4, 0.5) is 5.82 Å². The molecule has 0 aliphatic carbocycles. The Kier molecular flexibility index (Phi) is 5.53. The van der Waals surface area contributed by atoms with Crippen molar-refractivity contribution in [3.05, 3.63) is 46.3 Å². The number of anilines is 1. The Balaban J connectivity index is 1.52. The number of hydrogen-bond donors (Lipinski definition) is 0. The number of ether oxygens (including phenoxy) is 1. The SMILES string of the molecule is Cc1cnc(C)c(N2CCN(C(=O)COc3ccc(Br)cc3)CC2)n1. The van der Waals surface area contributed by atoms with Gasteiger partial charge in [0.25, 0.3) is 5.91 Å². The van der Waals surface area contributed by atoms with Gasteiger partial charge in [-0.3, -0.25) is 9.78 Å². The lowest BCUT2D eigenvalue weighted by Crippen LogP contribution is -2.50. The molecule has 0 saturated carbocycles. The lowest BCUT2D eigenvalue weighted by molar-refractivity contribution is -0.133. The van der Waals surface area contributed by atoms with Crippen molar-refractivity contribution in [3.63, 3.8) is 0 Å². The number of benzene rings is 1. The number of amides is 1. The molecule has 0 spiro atoms. The number of rotatable bonds is 4. The summed E-state index contributed by atoms with van der Waals surface area (Å²) in [7, 11) is 0. The molecule has 7 heteroatoms. The Morgan fingerprint density at radius 2 is 1.84 bits per heavy atom. The van der Waals surface area contributed by atoms with Crippen LogP contribution in [0.25, 0.3) is 0 Å². The monoisotopic (exact) mass is 404 g/mol. The van der Waals surface area contributed by atoms with Gasteiger partial charge < -0.3 is 14.5 Å². The molecule has 132 valence electrons. The number of aryl methyl sites for hydroxylation is 2. The summed E-state index contributed by atoms with van der Waals surface area (Å²) in [6.07, 6.45) is 1.78. The maximum Gasteiger partial charge on any atom is 0.260 e. The zero-order chi connectivity index (χ0) is 17.8. The van der Waals surface area contributed by atoms with Crippen molar-refractivity contribution in [1.82, 2.24) is 14.9 Å². The fraction of sp³-hybridized carbons (Fsp3) is 0.389. The van der Waals surface area contributed by atoms with E-state index in [0.29, 0.717) is 18.8 Å². The van der Waals surface area contributed by atoms with Gasteiger partial charge in [-0.05, 0) is 38.1 Å². The van der Waals surface area contributed by atoms with E-state index in [1.807, 2.05) is 43.0 Å². The number of carbonyl (C=O) groups is 1.